The third-order valence-electron chi connectivity index (χ3n) is 4.12. The highest BCUT2D eigenvalue weighted by Crippen LogP contribution is 2.25. The normalized spacial score (nSPS) is 32.4. The molecular formula is C13H24N2O2. The summed E-state index contributed by atoms with van der Waals surface area (Å²) in [5, 5.41) is 12.5. The fourth-order valence-corrected chi connectivity index (χ4v) is 3.12. The predicted molar refractivity (Wildman–Crippen MR) is 66.7 cm³/mol. The molecule has 98 valence electrons. The van der Waals surface area contributed by atoms with Crippen LogP contribution in [0.5, 0.6) is 0 Å². The van der Waals surface area contributed by atoms with Gasteiger partial charge in [-0.2, -0.15) is 0 Å². The van der Waals surface area contributed by atoms with E-state index in [0.717, 1.165) is 51.6 Å². The average Bonchev–Trinajstić information content (AvgIpc) is 2.30. The van der Waals surface area contributed by atoms with Crippen molar-refractivity contribution in [2.75, 3.05) is 13.1 Å². The highest BCUT2D eigenvalue weighted by Gasteiger charge is 2.28. The van der Waals surface area contributed by atoms with Crippen LogP contribution < -0.4 is 5.32 Å². The summed E-state index contributed by atoms with van der Waals surface area (Å²) in [4.78, 5) is 13.5. The smallest absolute Gasteiger partial charge is 0.217 e. The fourth-order valence-electron chi connectivity index (χ4n) is 3.12. The maximum absolute atomic E-state index is 11.0. The minimum Gasteiger partial charge on any atom is -0.393 e. The van der Waals surface area contributed by atoms with Gasteiger partial charge in [-0.15, -0.1) is 0 Å². The molecule has 0 radical (unpaired) electrons. The van der Waals surface area contributed by atoms with Gasteiger partial charge < -0.3 is 15.3 Å². The monoisotopic (exact) mass is 240 g/mol. The molecule has 2 rings (SSSR count). The zero-order chi connectivity index (χ0) is 12.3. The molecule has 4 heteroatoms. The summed E-state index contributed by atoms with van der Waals surface area (Å²) < 4.78 is 0. The van der Waals surface area contributed by atoms with Crippen LogP contribution in [0.15, 0.2) is 0 Å². The summed E-state index contributed by atoms with van der Waals surface area (Å²) in [7, 11) is 0. The Bertz CT molecular complexity index is 254. The number of hydrogen-bond donors (Lipinski definition) is 2. The molecule has 2 aliphatic rings. The largest absolute Gasteiger partial charge is 0.393 e. The van der Waals surface area contributed by atoms with E-state index >= 15 is 0 Å². The highest BCUT2D eigenvalue weighted by molar-refractivity contribution is 5.73. The molecule has 1 aliphatic carbocycles. The third kappa shape index (κ3) is 3.68. The molecule has 1 saturated carbocycles. The van der Waals surface area contributed by atoms with Crippen LogP contribution in [0.3, 0.4) is 0 Å². The summed E-state index contributed by atoms with van der Waals surface area (Å²) in [5.41, 5.74) is 0. The standard InChI is InChI=1S/C13H24N2O2/c1-10(16)14-11-6-8-15(9-7-11)12-2-4-13(17)5-3-12/h11-13,17H,2-9H2,1H3,(H,14,16). The van der Waals surface area contributed by atoms with Crippen molar-refractivity contribution in [2.45, 2.75) is 63.6 Å². The lowest BCUT2D eigenvalue weighted by Crippen LogP contribution is -2.48. The molecule has 17 heavy (non-hydrogen) atoms. The van der Waals surface area contributed by atoms with E-state index < -0.39 is 0 Å². The third-order valence-corrected chi connectivity index (χ3v) is 4.12. The molecule has 0 aromatic heterocycles. The molecule has 1 saturated heterocycles. The van der Waals surface area contributed by atoms with Gasteiger partial charge in [-0.1, -0.05) is 0 Å². The maximum Gasteiger partial charge on any atom is 0.217 e. The van der Waals surface area contributed by atoms with Gasteiger partial charge in [0.25, 0.3) is 0 Å². The number of nitrogens with one attached hydrogen (secondary N) is 1. The average molecular weight is 240 g/mol. The number of likely N-dealkylation sites (tertiary alicyclic amines) is 1. The summed E-state index contributed by atoms with van der Waals surface area (Å²) in [6.45, 7) is 3.77. The second kappa shape index (κ2) is 5.83. The van der Waals surface area contributed by atoms with Gasteiger partial charge in [0.05, 0.1) is 6.10 Å². The van der Waals surface area contributed by atoms with Gasteiger partial charge >= 0.3 is 0 Å². The summed E-state index contributed by atoms with van der Waals surface area (Å²) in [5.74, 6) is 0.0873. The van der Waals surface area contributed by atoms with Gasteiger partial charge in [-0.05, 0) is 38.5 Å². The van der Waals surface area contributed by atoms with E-state index in [9.17, 15) is 9.90 Å². The Labute approximate surface area is 103 Å². The molecule has 2 N–H and O–H groups in total. The molecule has 0 bridgehead atoms. The van der Waals surface area contributed by atoms with Gasteiger partial charge in [-0.3, -0.25) is 4.79 Å². The number of nitrogens with zero attached hydrogens (tertiary/aromatic N) is 1. The number of amides is 1. The Morgan fingerprint density at radius 2 is 1.71 bits per heavy atom. The number of aliphatic hydroxyl groups is 1. The number of hydrogen-bond acceptors (Lipinski definition) is 3. The molecule has 2 fully saturated rings. The molecule has 1 amide bonds. The van der Waals surface area contributed by atoms with Crippen molar-refractivity contribution in [1.82, 2.24) is 10.2 Å². The zero-order valence-corrected chi connectivity index (χ0v) is 10.7. The molecule has 1 aliphatic heterocycles. The summed E-state index contributed by atoms with van der Waals surface area (Å²) >= 11 is 0. The van der Waals surface area contributed by atoms with Crippen LogP contribution in [0.25, 0.3) is 0 Å². The van der Waals surface area contributed by atoms with Gasteiger partial charge in [0, 0.05) is 32.1 Å². The first-order valence-corrected chi connectivity index (χ1v) is 6.84. The van der Waals surface area contributed by atoms with Crippen molar-refractivity contribution in [3.05, 3.63) is 0 Å². The number of carbonyl (C=O) groups excluding carboxylic acids is 1. The van der Waals surface area contributed by atoms with Crippen molar-refractivity contribution < 1.29 is 9.90 Å². The fraction of sp³-hybridized carbons (Fsp3) is 0.923. The Morgan fingerprint density at radius 3 is 2.24 bits per heavy atom. The first kappa shape index (κ1) is 12.8. The van der Waals surface area contributed by atoms with Gasteiger partial charge in [0.2, 0.25) is 5.91 Å². The Hall–Kier alpha value is -0.610. The molecule has 0 aromatic rings. The zero-order valence-electron chi connectivity index (χ0n) is 10.7. The van der Waals surface area contributed by atoms with Crippen LogP contribution in [0.2, 0.25) is 0 Å². The molecule has 4 nitrogen and oxygen atoms in total. The van der Waals surface area contributed by atoms with Crippen molar-refractivity contribution in [1.29, 1.82) is 0 Å². The number of piperidine rings is 1. The second-order valence-electron chi connectivity index (χ2n) is 5.47. The lowest BCUT2D eigenvalue weighted by Gasteiger charge is -2.40. The second-order valence-corrected chi connectivity index (χ2v) is 5.47. The van der Waals surface area contributed by atoms with Crippen LogP contribution in [-0.4, -0.2) is 47.2 Å². The number of carbonyl (C=O) groups is 1. The van der Waals surface area contributed by atoms with Crippen molar-refractivity contribution in [3.8, 4) is 0 Å². The minimum absolute atomic E-state index is 0.0665. The molecule has 1 heterocycles. The quantitative estimate of drug-likeness (QED) is 0.753. The van der Waals surface area contributed by atoms with Crippen LogP contribution in [0, 0.1) is 0 Å². The SMILES string of the molecule is CC(=O)NC1CCN(C2CCC(O)CC2)CC1. The van der Waals surface area contributed by atoms with E-state index in [4.69, 9.17) is 0 Å². The first-order valence-electron chi connectivity index (χ1n) is 6.84. The lowest BCUT2D eigenvalue weighted by atomic mass is 9.90. The Balaban J connectivity index is 1.73. The maximum atomic E-state index is 11.0. The highest BCUT2D eigenvalue weighted by atomic mass is 16.3. The van der Waals surface area contributed by atoms with E-state index in [-0.39, 0.29) is 12.0 Å². The minimum atomic E-state index is -0.0665. The molecule has 0 unspecified atom stereocenters. The van der Waals surface area contributed by atoms with Crippen LogP contribution in [-0.2, 0) is 4.79 Å². The summed E-state index contributed by atoms with van der Waals surface area (Å²) in [6, 6.07) is 1.04. The Kier molecular flexibility index (Phi) is 4.40. The van der Waals surface area contributed by atoms with E-state index in [2.05, 4.69) is 10.2 Å². The number of aliphatic hydroxyl groups excluding tert-OH is 1. The van der Waals surface area contributed by atoms with Gasteiger partial charge in [-0.25, -0.2) is 0 Å². The summed E-state index contributed by atoms with van der Waals surface area (Å²) in [6.07, 6.45) is 6.24. The van der Waals surface area contributed by atoms with E-state index in [1.165, 1.54) is 0 Å². The van der Waals surface area contributed by atoms with Gasteiger partial charge in [0.1, 0.15) is 0 Å². The molecule has 0 spiro atoms. The van der Waals surface area contributed by atoms with Crippen LogP contribution >= 0.6 is 0 Å². The topological polar surface area (TPSA) is 52.6 Å². The van der Waals surface area contributed by atoms with E-state index in [0.29, 0.717) is 12.1 Å². The van der Waals surface area contributed by atoms with Crippen molar-refractivity contribution in [2.24, 2.45) is 0 Å². The molecular weight excluding hydrogens is 216 g/mol. The predicted octanol–water partition coefficient (Wildman–Crippen LogP) is 0.890. The van der Waals surface area contributed by atoms with Crippen molar-refractivity contribution in [3.63, 3.8) is 0 Å². The van der Waals surface area contributed by atoms with Crippen LogP contribution in [0.4, 0.5) is 0 Å². The molecule has 0 aromatic carbocycles. The molecule has 0 atom stereocenters. The number of rotatable bonds is 2. The Morgan fingerprint density at radius 1 is 1.12 bits per heavy atom. The lowest BCUT2D eigenvalue weighted by molar-refractivity contribution is -0.120. The first-order chi connectivity index (χ1) is 8.15. The van der Waals surface area contributed by atoms with Crippen molar-refractivity contribution >= 4 is 5.91 Å². The van der Waals surface area contributed by atoms with E-state index in [1.54, 1.807) is 6.92 Å². The van der Waals surface area contributed by atoms with Gasteiger partial charge in [0.15, 0.2) is 0 Å². The van der Waals surface area contributed by atoms with Crippen LogP contribution in [0.1, 0.15) is 45.4 Å². The van der Waals surface area contributed by atoms with E-state index in [1.807, 2.05) is 0 Å².